The number of amides is 1. The van der Waals surface area contributed by atoms with E-state index in [4.69, 9.17) is 15.7 Å². The highest BCUT2D eigenvalue weighted by atomic mass is 16.5. The molecule has 0 aliphatic rings. The molecule has 6 nitrogen and oxygen atoms in total. The van der Waals surface area contributed by atoms with E-state index in [-0.39, 0.29) is 6.54 Å². The molecule has 0 aliphatic carbocycles. The topological polar surface area (TPSA) is 100 Å². The number of nitriles is 2. The first-order chi connectivity index (χ1) is 11.6. The fraction of sp³-hybridized carbons (Fsp3) is 0.167. The molecular weight excluding hydrogens is 304 g/mol. The van der Waals surface area contributed by atoms with E-state index >= 15 is 0 Å². The second kappa shape index (κ2) is 8.44. The Morgan fingerprint density at radius 3 is 1.92 bits per heavy atom. The van der Waals surface area contributed by atoms with Crippen LogP contribution in [0.15, 0.2) is 48.5 Å². The highest BCUT2D eigenvalue weighted by Crippen LogP contribution is 2.12. The van der Waals surface area contributed by atoms with E-state index in [0.29, 0.717) is 24.2 Å². The second-order valence-corrected chi connectivity index (χ2v) is 5.30. The van der Waals surface area contributed by atoms with Gasteiger partial charge in [-0.2, -0.15) is 10.5 Å². The average molecular weight is 320 g/mol. The van der Waals surface area contributed by atoms with Crippen LogP contribution in [-0.2, 0) is 17.9 Å². The van der Waals surface area contributed by atoms with Crippen LogP contribution < -0.4 is 5.48 Å². The average Bonchev–Trinajstić information content (AvgIpc) is 2.61. The van der Waals surface area contributed by atoms with Crippen LogP contribution in [0.4, 0.5) is 0 Å². The van der Waals surface area contributed by atoms with Crippen LogP contribution in [0.1, 0.15) is 22.3 Å². The molecule has 0 unspecified atom stereocenters. The molecule has 120 valence electrons. The van der Waals surface area contributed by atoms with Gasteiger partial charge in [0.2, 0.25) is 0 Å². The van der Waals surface area contributed by atoms with Crippen LogP contribution in [0.2, 0.25) is 0 Å². The minimum Gasteiger partial charge on any atom is -0.289 e. The molecular formula is C18H16N4O2. The molecule has 0 aromatic heterocycles. The third-order valence-electron chi connectivity index (χ3n) is 3.42. The predicted molar refractivity (Wildman–Crippen MR) is 86.4 cm³/mol. The van der Waals surface area contributed by atoms with Crippen molar-refractivity contribution < 1.29 is 10.0 Å². The van der Waals surface area contributed by atoms with Crippen LogP contribution in [0.5, 0.6) is 0 Å². The van der Waals surface area contributed by atoms with Crippen molar-refractivity contribution in [3.05, 3.63) is 70.8 Å². The van der Waals surface area contributed by atoms with Gasteiger partial charge in [-0.25, -0.2) is 5.48 Å². The lowest BCUT2D eigenvalue weighted by Gasteiger charge is -2.21. The first kappa shape index (κ1) is 17.2. The summed E-state index contributed by atoms with van der Waals surface area (Å²) in [5.41, 5.74) is 4.49. The van der Waals surface area contributed by atoms with E-state index in [0.717, 1.165) is 11.1 Å². The molecule has 2 aromatic rings. The van der Waals surface area contributed by atoms with E-state index in [1.165, 1.54) is 0 Å². The lowest BCUT2D eigenvalue weighted by Crippen LogP contribution is -2.35. The number of rotatable bonds is 6. The number of hydrogen-bond acceptors (Lipinski definition) is 5. The van der Waals surface area contributed by atoms with Gasteiger partial charge in [0.1, 0.15) is 0 Å². The number of carbonyl (C=O) groups is 1. The van der Waals surface area contributed by atoms with Gasteiger partial charge in [0.25, 0.3) is 5.91 Å². The molecule has 0 saturated carbocycles. The van der Waals surface area contributed by atoms with Crippen LogP contribution in [0.3, 0.4) is 0 Å². The maximum Gasteiger partial charge on any atom is 0.257 e. The van der Waals surface area contributed by atoms with Crippen molar-refractivity contribution in [2.24, 2.45) is 0 Å². The van der Waals surface area contributed by atoms with Crippen LogP contribution >= 0.6 is 0 Å². The number of nitrogens with zero attached hydrogens (tertiary/aromatic N) is 3. The van der Waals surface area contributed by atoms with E-state index in [1.54, 1.807) is 41.9 Å². The molecule has 0 saturated heterocycles. The van der Waals surface area contributed by atoms with E-state index in [2.05, 4.69) is 12.1 Å². The van der Waals surface area contributed by atoms with Crippen LogP contribution in [0, 0.1) is 22.7 Å². The number of carbonyl (C=O) groups excluding carboxylic acids is 1. The Labute approximate surface area is 140 Å². The molecule has 0 radical (unpaired) electrons. The predicted octanol–water partition coefficient (Wildman–Crippen LogP) is 1.94. The largest absolute Gasteiger partial charge is 0.289 e. The molecule has 1 amide bonds. The van der Waals surface area contributed by atoms with Crippen molar-refractivity contribution in [3.8, 4) is 12.1 Å². The third kappa shape index (κ3) is 4.92. The lowest BCUT2D eigenvalue weighted by atomic mass is 10.1. The van der Waals surface area contributed by atoms with E-state index in [9.17, 15) is 4.79 Å². The number of benzene rings is 2. The highest BCUT2D eigenvalue weighted by Gasteiger charge is 2.12. The third-order valence-corrected chi connectivity index (χ3v) is 3.42. The summed E-state index contributed by atoms with van der Waals surface area (Å²) in [5.74, 6) is -0.525. The molecule has 0 heterocycles. The number of hydrogen-bond donors (Lipinski definition) is 2. The van der Waals surface area contributed by atoms with Crippen molar-refractivity contribution in [2.75, 3.05) is 6.54 Å². The summed E-state index contributed by atoms with van der Waals surface area (Å²) in [4.78, 5) is 13.4. The molecule has 0 atom stereocenters. The monoisotopic (exact) mass is 320 g/mol. The molecule has 2 N–H and O–H groups in total. The van der Waals surface area contributed by atoms with Crippen LogP contribution in [0.25, 0.3) is 0 Å². The van der Waals surface area contributed by atoms with Gasteiger partial charge < -0.3 is 0 Å². The zero-order valence-corrected chi connectivity index (χ0v) is 12.9. The minimum atomic E-state index is -0.525. The zero-order chi connectivity index (χ0) is 17.4. The Morgan fingerprint density at radius 2 is 1.50 bits per heavy atom. The Bertz CT molecular complexity index is 746. The molecule has 6 heteroatoms. The first-order valence-corrected chi connectivity index (χ1v) is 7.28. The smallest absolute Gasteiger partial charge is 0.257 e. The summed E-state index contributed by atoms with van der Waals surface area (Å²) in [6.07, 6.45) is 0. The summed E-state index contributed by atoms with van der Waals surface area (Å²) in [7, 11) is 0. The second-order valence-electron chi connectivity index (χ2n) is 5.30. The van der Waals surface area contributed by atoms with Crippen molar-refractivity contribution in [2.45, 2.75) is 13.1 Å². The van der Waals surface area contributed by atoms with Gasteiger partial charge >= 0.3 is 0 Å². The SMILES string of the molecule is N#Cc1cccc(CN(CC(=O)NO)Cc2cccc(C#N)c2)c1. The Kier molecular flexibility index (Phi) is 6.04. The normalized spacial score (nSPS) is 10.0. The number of hydroxylamine groups is 1. The first-order valence-electron chi connectivity index (χ1n) is 7.28. The van der Waals surface area contributed by atoms with Gasteiger partial charge in [0.05, 0.1) is 29.8 Å². The van der Waals surface area contributed by atoms with E-state index in [1.807, 2.05) is 17.0 Å². The molecule has 2 rings (SSSR count). The van der Waals surface area contributed by atoms with Gasteiger partial charge in [0.15, 0.2) is 0 Å². The van der Waals surface area contributed by atoms with Gasteiger partial charge in [-0.1, -0.05) is 24.3 Å². The molecule has 0 spiro atoms. The number of nitrogens with one attached hydrogen (secondary N) is 1. The minimum absolute atomic E-state index is 0.00986. The highest BCUT2D eigenvalue weighted by molar-refractivity contribution is 5.76. The van der Waals surface area contributed by atoms with Gasteiger partial charge in [-0.15, -0.1) is 0 Å². The Morgan fingerprint density at radius 1 is 1.00 bits per heavy atom. The maximum absolute atomic E-state index is 11.5. The van der Waals surface area contributed by atoms with Crippen molar-refractivity contribution in [3.63, 3.8) is 0 Å². The zero-order valence-electron chi connectivity index (χ0n) is 12.9. The van der Waals surface area contributed by atoms with Gasteiger partial charge in [-0.05, 0) is 35.4 Å². The summed E-state index contributed by atoms with van der Waals surface area (Å²) >= 11 is 0. The molecule has 0 bridgehead atoms. The summed E-state index contributed by atoms with van der Waals surface area (Å²) in [5, 5.41) is 26.7. The summed E-state index contributed by atoms with van der Waals surface area (Å²) in [6, 6.07) is 18.4. The summed E-state index contributed by atoms with van der Waals surface area (Å²) in [6.45, 7) is 0.851. The van der Waals surface area contributed by atoms with Crippen molar-refractivity contribution in [1.82, 2.24) is 10.4 Å². The lowest BCUT2D eigenvalue weighted by molar-refractivity contribution is -0.130. The Balaban J connectivity index is 2.19. The molecule has 0 fully saturated rings. The fourth-order valence-corrected chi connectivity index (χ4v) is 2.40. The summed E-state index contributed by atoms with van der Waals surface area (Å²) < 4.78 is 0. The van der Waals surface area contributed by atoms with Gasteiger partial charge in [-0.3, -0.25) is 14.9 Å². The van der Waals surface area contributed by atoms with E-state index < -0.39 is 5.91 Å². The maximum atomic E-state index is 11.5. The Hall–Kier alpha value is -3.19. The quantitative estimate of drug-likeness (QED) is 0.626. The van der Waals surface area contributed by atoms with Gasteiger partial charge in [0, 0.05) is 13.1 Å². The standard InChI is InChI=1S/C18H16N4O2/c19-9-14-3-1-5-16(7-14)11-22(13-18(23)21-24)12-17-6-2-4-15(8-17)10-20/h1-8,24H,11-13H2,(H,21,23). The molecule has 2 aromatic carbocycles. The molecule has 24 heavy (non-hydrogen) atoms. The molecule has 0 aliphatic heterocycles. The van der Waals surface area contributed by atoms with Crippen molar-refractivity contribution >= 4 is 5.91 Å². The van der Waals surface area contributed by atoms with Crippen molar-refractivity contribution in [1.29, 1.82) is 10.5 Å². The fourth-order valence-electron chi connectivity index (χ4n) is 2.40. The van der Waals surface area contributed by atoms with Crippen LogP contribution in [-0.4, -0.2) is 22.6 Å².